The van der Waals surface area contributed by atoms with Crippen molar-refractivity contribution in [2.24, 2.45) is 11.8 Å². The molecule has 0 bridgehead atoms. The normalized spacial score (nSPS) is 29.6. The Morgan fingerprint density at radius 2 is 2.19 bits per heavy atom. The summed E-state index contributed by atoms with van der Waals surface area (Å²) in [6.45, 7) is 2.05. The zero-order valence-electron chi connectivity index (χ0n) is 9.29. The van der Waals surface area contributed by atoms with Crippen molar-refractivity contribution in [1.82, 2.24) is 0 Å². The first kappa shape index (κ1) is 11.9. The van der Waals surface area contributed by atoms with Gasteiger partial charge < -0.3 is 5.11 Å². The second-order valence-corrected chi connectivity index (χ2v) is 5.11. The van der Waals surface area contributed by atoms with E-state index in [2.05, 4.69) is 6.92 Å². The van der Waals surface area contributed by atoms with Gasteiger partial charge in [0, 0.05) is 5.02 Å². The lowest BCUT2D eigenvalue weighted by Crippen LogP contribution is -2.17. The Morgan fingerprint density at radius 3 is 2.81 bits per heavy atom. The number of rotatable bonds is 2. The van der Waals surface area contributed by atoms with E-state index in [9.17, 15) is 9.50 Å². The average molecular weight is 243 g/mol. The van der Waals surface area contributed by atoms with Crippen molar-refractivity contribution in [3.63, 3.8) is 0 Å². The zero-order valence-corrected chi connectivity index (χ0v) is 10.0. The molecule has 0 aliphatic heterocycles. The molecule has 0 heterocycles. The molecular formula is C13H16ClFO. The fourth-order valence-electron chi connectivity index (χ4n) is 2.49. The maximum absolute atomic E-state index is 13.1. The van der Waals surface area contributed by atoms with E-state index in [1.807, 2.05) is 0 Å². The van der Waals surface area contributed by atoms with E-state index < -0.39 is 0 Å². The highest BCUT2D eigenvalue weighted by atomic mass is 35.5. The zero-order chi connectivity index (χ0) is 11.7. The van der Waals surface area contributed by atoms with E-state index in [-0.39, 0.29) is 17.8 Å². The summed E-state index contributed by atoms with van der Waals surface area (Å²) in [5, 5.41) is 10.3. The second-order valence-electron chi connectivity index (χ2n) is 4.70. The molecule has 3 unspecified atom stereocenters. The van der Waals surface area contributed by atoms with Crippen molar-refractivity contribution < 1.29 is 9.50 Å². The Labute approximate surface area is 100 Å². The highest BCUT2D eigenvalue weighted by Crippen LogP contribution is 2.35. The third kappa shape index (κ3) is 2.38. The van der Waals surface area contributed by atoms with E-state index in [1.54, 1.807) is 6.07 Å². The van der Waals surface area contributed by atoms with Gasteiger partial charge in [-0.3, -0.25) is 0 Å². The largest absolute Gasteiger partial charge is 0.393 e. The van der Waals surface area contributed by atoms with Gasteiger partial charge >= 0.3 is 0 Å². The molecule has 1 fully saturated rings. The van der Waals surface area contributed by atoms with Crippen molar-refractivity contribution in [3.05, 3.63) is 34.6 Å². The lowest BCUT2D eigenvalue weighted by atomic mass is 9.90. The van der Waals surface area contributed by atoms with Crippen LogP contribution in [0.1, 0.15) is 25.3 Å². The Hall–Kier alpha value is -0.600. The van der Waals surface area contributed by atoms with Gasteiger partial charge in [-0.1, -0.05) is 18.5 Å². The van der Waals surface area contributed by atoms with Gasteiger partial charge in [-0.15, -0.1) is 0 Å². The second kappa shape index (κ2) is 4.72. The first-order valence-corrected chi connectivity index (χ1v) is 6.07. The van der Waals surface area contributed by atoms with Gasteiger partial charge in [0.1, 0.15) is 5.82 Å². The van der Waals surface area contributed by atoms with Gasteiger partial charge in [0.05, 0.1) is 6.10 Å². The molecule has 0 amide bonds. The van der Waals surface area contributed by atoms with E-state index >= 15 is 0 Å². The Bertz CT molecular complexity index is 380. The molecule has 3 heteroatoms. The van der Waals surface area contributed by atoms with Gasteiger partial charge in [-0.2, -0.15) is 0 Å². The maximum Gasteiger partial charge on any atom is 0.123 e. The standard InChI is InChI=1S/C13H16ClFO/c1-8-9(2-5-13(8)16)6-10-7-11(15)3-4-12(10)14/h3-4,7-9,13,16H,2,5-6H2,1H3. The number of halogens is 2. The molecule has 0 aromatic heterocycles. The minimum Gasteiger partial charge on any atom is -0.393 e. The van der Waals surface area contributed by atoms with E-state index in [1.165, 1.54) is 12.1 Å². The van der Waals surface area contributed by atoms with Gasteiger partial charge in [-0.25, -0.2) is 4.39 Å². The van der Waals surface area contributed by atoms with Crippen LogP contribution in [-0.4, -0.2) is 11.2 Å². The molecule has 0 spiro atoms. The van der Waals surface area contributed by atoms with Crippen LogP contribution in [0.15, 0.2) is 18.2 Å². The van der Waals surface area contributed by atoms with Crippen molar-refractivity contribution in [2.75, 3.05) is 0 Å². The van der Waals surface area contributed by atoms with Crippen molar-refractivity contribution >= 4 is 11.6 Å². The van der Waals surface area contributed by atoms with Gasteiger partial charge in [0.25, 0.3) is 0 Å². The SMILES string of the molecule is CC1C(O)CCC1Cc1cc(F)ccc1Cl. The Morgan fingerprint density at radius 1 is 1.44 bits per heavy atom. The third-order valence-electron chi connectivity index (χ3n) is 3.67. The van der Waals surface area contributed by atoms with Crippen LogP contribution >= 0.6 is 11.6 Å². The first-order chi connectivity index (χ1) is 7.58. The smallest absolute Gasteiger partial charge is 0.123 e. The van der Waals surface area contributed by atoms with Gasteiger partial charge in [-0.05, 0) is 54.9 Å². The van der Waals surface area contributed by atoms with Crippen LogP contribution in [0.25, 0.3) is 0 Å². The molecule has 1 aliphatic rings. The Balaban J connectivity index is 2.12. The van der Waals surface area contributed by atoms with E-state index in [0.29, 0.717) is 10.9 Å². The maximum atomic E-state index is 13.1. The number of aliphatic hydroxyl groups excluding tert-OH is 1. The average Bonchev–Trinajstić information content (AvgIpc) is 2.55. The Kier molecular flexibility index (Phi) is 3.50. The minimum absolute atomic E-state index is 0.211. The van der Waals surface area contributed by atoms with Crippen LogP contribution in [-0.2, 0) is 6.42 Å². The third-order valence-corrected chi connectivity index (χ3v) is 4.04. The predicted octanol–water partition coefficient (Wildman–Crippen LogP) is 3.43. The molecule has 3 atom stereocenters. The fourth-order valence-corrected chi connectivity index (χ4v) is 2.69. The molecule has 1 N–H and O–H groups in total. The summed E-state index contributed by atoms with van der Waals surface area (Å²) in [6, 6.07) is 4.47. The van der Waals surface area contributed by atoms with Crippen LogP contribution in [0.3, 0.4) is 0 Å². The molecule has 1 aromatic carbocycles. The first-order valence-electron chi connectivity index (χ1n) is 5.70. The molecule has 1 aromatic rings. The van der Waals surface area contributed by atoms with Crippen molar-refractivity contribution in [2.45, 2.75) is 32.3 Å². The molecule has 88 valence electrons. The summed E-state index contributed by atoms with van der Waals surface area (Å²) in [4.78, 5) is 0. The molecule has 16 heavy (non-hydrogen) atoms. The minimum atomic E-state index is -0.245. The number of aliphatic hydroxyl groups is 1. The lowest BCUT2D eigenvalue weighted by molar-refractivity contribution is 0.127. The predicted molar refractivity (Wildman–Crippen MR) is 63.0 cm³/mol. The van der Waals surface area contributed by atoms with Gasteiger partial charge in [0.2, 0.25) is 0 Å². The van der Waals surface area contributed by atoms with Crippen LogP contribution in [0, 0.1) is 17.7 Å². The highest BCUT2D eigenvalue weighted by Gasteiger charge is 2.31. The molecule has 0 saturated heterocycles. The quantitative estimate of drug-likeness (QED) is 0.843. The summed E-state index contributed by atoms with van der Waals surface area (Å²) in [6.07, 6.45) is 2.39. The molecule has 1 saturated carbocycles. The van der Waals surface area contributed by atoms with E-state index in [4.69, 9.17) is 11.6 Å². The number of hydrogen-bond acceptors (Lipinski definition) is 1. The number of benzene rings is 1. The fraction of sp³-hybridized carbons (Fsp3) is 0.538. The van der Waals surface area contributed by atoms with Crippen LogP contribution < -0.4 is 0 Å². The summed E-state index contributed by atoms with van der Waals surface area (Å²) < 4.78 is 13.1. The van der Waals surface area contributed by atoms with Gasteiger partial charge in [0.15, 0.2) is 0 Å². The molecule has 1 aliphatic carbocycles. The molecule has 0 radical (unpaired) electrons. The number of hydrogen-bond donors (Lipinski definition) is 1. The van der Waals surface area contributed by atoms with Crippen LogP contribution in [0.2, 0.25) is 5.02 Å². The monoisotopic (exact) mass is 242 g/mol. The van der Waals surface area contributed by atoms with Crippen molar-refractivity contribution in [3.8, 4) is 0 Å². The topological polar surface area (TPSA) is 20.2 Å². The lowest BCUT2D eigenvalue weighted by Gasteiger charge is -2.18. The van der Waals surface area contributed by atoms with Crippen molar-refractivity contribution in [1.29, 1.82) is 0 Å². The molecule has 1 nitrogen and oxygen atoms in total. The summed E-state index contributed by atoms with van der Waals surface area (Å²) >= 11 is 6.03. The summed E-state index contributed by atoms with van der Waals surface area (Å²) in [5.41, 5.74) is 0.854. The van der Waals surface area contributed by atoms with Crippen LogP contribution in [0.4, 0.5) is 4.39 Å². The molecule has 2 rings (SSSR count). The van der Waals surface area contributed by atoms with Crippen LogP contribution in [0.5, 0.6) is 0 Å². The summed E-state index contributed by atoms with van der Waals surface area (Å²) in [5.74, 6) is 0.444. The summed E-state index contributed by atoms with van der Waals surface area (Å²) in [7, 11) is 0. The highest BCUT2D eigenvalue weighted by molar-refractivity contribution is 6.31. The van der Waals surface area contributed by atoms with E-state index in [0.717, 1.165) is 24.8 Å². The molecular weight excluding hydrogens is 227 g/mol.